The molecule has 3 rings (SSSR count). The van der Waals surface area contributed by atoms with Gasteiger partial charge in [-0.25, -0.2) is 4.98 Å². The summed E-state index contributed by atoms with van der Waals surface area (Å²) in [4.78, 5) is 4.36. The molecule has 8 heteroatoms. The van der Waals surface area contributed by atoms with E-state index in [1.54, 1.807) is 0 Å². The molecule has 0 unspecified atom stereocenters. The molecule has 0 aliphatic carbocycles. The molecule has 0 fully saturated rings. The van der Waals surface area contributed by atoms with E-state index >= 15 is 0 Å². The molecule has 0 aliphatic heterocycles. The predicted molar refractivity (Wildman–Crippen MR) is 88.0 cm³/mol. The summed E-state index contributed by atoms with van der Waals surface area (Å²) in [5, 5.41) is 8.45. The molecule has 0 bridgehead atoms. The van der Waals surface area contributed by atoms with Crippen molar-refractivity contribution >= 4 is 23.3 Å². The van der Waals surface area contributed by atoms with Gasteiger partial charge in [0.15, 0.2) is 10.9 Å². The van der Waals surface area contributed by atoms with Gasteiger partial charge in [-0.1, -0.05) is 19.1 Å². The van der Waals surface area contributed by atoms with Gasteiger partial charge in [0.2, 0.25) is 0 Å². The van der Waals surface area contributed by atoms with Gasteiger partial charge in [0.1, 0.15) is 11.6 Å². The van der Waals surface area contributed by atoms with Gasteiger partial charge in [-0.15, -0.1) is 10.2 Å². The van der Waals surface area contributed by atoms with Crippen molar-refractivity contribution in [3.63, 3.8) is 0 Å². The van der Waals surface area contributed by atoms with Gasteiger partial charge >= 0.3 is 0 Å². The molecular weight excluding hydrogens is 332 g/mol. The lowest BCUT2D eigenvalue weighted by Crippen LogP contribution is -1.97. The number of aryl methyl sites for hydroxylation is 3. The van der Waals surface area contributed by atoms with Crippen LogP contribution < -0.4 is 4.74 Å². The Morgan fingerprint density at radius 1 is 1.26 bits per heavy atom. The molecular formula is C15H16N4O2S2. The molecule has 120 valence electrons. The van der Waals surface area contributed by atoms with Gasteiger partial charge in [-0.2, -0.15) is 4.37 Å². The fourth-order valence-electron chi connectivity index (χ4n) is 1.84. The largest absolute Gasteiger partial charge is 0.484 e. The number of aromatic nitrogens is 4. The molecule has 1 aromatic carbocycles. The average Bonchev–Trinajstić information content (AvgIpc) is 3.18. The van der Waals surface area contributed by atoms with Crippen LogP contribution in [0.3, 0.4) is 0 Å². The summed E-state index contributed by atoms with van der Waals surface area (Å²) < 4.78 is 16.4. The quantitative estimate of drug-likeness (QED) is 0.670. The van der Waals surface area contributed by atoms with Crippen molar-refractivity contribution in [2.45, 2.75) is 43.4 Å². The van der Waals surface area contributed by atoms with E-state index in [0.717, 1.165) is 33.5 Å². The molecule has 3 aromatic rings. The molecule has 2 heterocycles. The fourth-order valence-corrected chi connectivity index (χ4v) is 3.33. The second kappa shape index (κ2) is 7.10. The van der Waals surface area contributed by atoms with Gasteiger partial charge < -0.3 is 9.15 Å². The summed E-state index contributed by atoms with van der Waals surface area (Å²) in [5.41, 5.74) is 2.22. The Morgan fingerprint density at radius 3 is 2.91 bits per heavy atom. The highest BCUT2D eigenvalue weighted by molar-refractivity contribution is 8.00. The minimum absolute atomic E-state index is 0.244. The topological polar surface area (TPSA) is 73.9 Å². The van der Waals surface area contributed by atoms with Gasteiger partial charge in [0, 0.05) is 18.2 Å². The molecule has 0 atom stereocenters. The highest BCUT2D eigenvalue weighted by atomic mass is 32.2. The molecule has 0 spiro atoms. The second-order valence-electron chi connectivity index (χ2n) is 4.95. The lowest BCUT2D eigenvalue weighted by Gasteiger charge is -2.07. The van der Waals surface area contributed by atoms with Crippen molar-refractivity contribution in [3.05, 3.63) is 41.0 Å². The Hall–Kier alpha value is -1.93. The van der Waals surface area contributed by atoms with Crippen molar-refractivity contribution in [3.8, 4) is 5.75 Å². The molecule has 2 aromatic heterocycles. The molecule has 23 heavy (non-hydrogen) atoms. The molecule has 0 amide bonds. The van der Waals surface area contributed by atoms with Crippen LogP contribution in [0.5, 0.6) is 5.75 Å². The Labute approximate surface area is 142 Å². The Balaban J connectivity index is 1.62. The van der Waals surface area contributed by atoms with E-state index < -0.39 is 0 Å². The summed E-state index contributed by atoms with van der Waals surface area (Å²) in [7, 11) is 0. The highest BCUT2D eigenvalue weighted by Gasteiger charge is 2.12. The van der Waals surface area contributed by atoms with Crippen LogP contribution in [-0.4, -0.2) is 19.6 Å². The summed E-state index contributed by atoms with van der Waals surface area (Å²) in [5.74, 6) is 2.10. The van der Waals surface area contributed by atoms with E-state index in [1.165, 1.54) is 23.3 Å². The zero-order valence-corrected chi connectivity index (χ0v) is 14.7. The number of ether oxygens (including phenoxy) is 1. The molecule has 0 saturated heterocycles. The lowest BCUT2D eigenvalue weighted by atomic mass is 10.1. The maximum absolute atomic E-state index is 5.76. The van der Waals surface area contributed by atoms with Crippen molar-refractivity contribution in [2.24, 2.45) is 0 Å². The van der Waals surface area contributed by atoms with Gasteiger partial charge in [-0.3, -0.25) is 0 Å². The van der Waals surface area contributed by atoms with Gasteiger partial charge in [0.05, 0.1) is 0 Å². The van der Waals surface area contributed by atoms with Crippen LogP contribution in [0.15, 0.2) is 32.2 Å². The smallest absolute Gasteiger partial charge is 0.283 e. The lowest BCUT2D eigenvalue weighted by molar-refractivity contribution is 0.250. The van der Waals surface area contributed by atoms with Crippen LogP contribution in [0, 0.1) is 13.8 Å². The van der Waals surface area contributed by atoms with Gasteiger partial charge in [-0.05, 0) is 42.6 Å². The standard InChI is InChI=1S/C15H16N4O2S2/c1-4-12-16-15(23-19-12)22-14-18-17-13(21-14)8-20-11-7-9(2)5-6-10(11)3/h5-7H,4,8H2,1-3H3. The zero-order valence-electron chi connectivity index (χ0n) is 13.1. The predicted octanol–water partition coefficient (Wildman–Crippen LogP) is 3.83. The minimum atomic E-state index is 0.244. The number of rotatable bonds is 6. The molecule has 6 nitrogen and oxygen atoms in total. The van der Waals surface area contributed by atoms with Crippen molar-refractivity contribution in [1.29, 1.82) is 0 Å². The first kappa shape index (κ1) is 15.9. The van der Waals surface area contributed by atoms with E-state index in [-0.39, 0.29) is 6.61 Å². The molecule has 0 radical (unpaired) electrons. The Morgan fingerprint density at radius 2 is 2.13 bits per heavy atom. The number of hydrogen-bond acceptors (Lipinski definition) is 8. The van der Waals surface area contributed by atoms with E-state index in [0.29, 0.717) is 11.1 Å². The first-order chi connectivity index (χ1) is 11.1. The summed E-state index contributed by atoms with van der Waals surface area (Å²) in [6, 6.07) is 6.08. The number of hydrogen-bond donors (Lipinski definition) is 0. The number of nitrogens with zero attached hydrogens (tertiary/aromatic N) is 4. The summed E-state index contributed by atoms with van der Waals surface area (Å²) in [6.07, 6.45) is 0.815. The maximum Gasteiger partial charge on any atom is 0.283 e. The zero-order chi connectivity index (χ0) is 16.2. The van der Waals surface area contributed by atoms with E-state index in [1.807, 2.05) is 32.9 Å². The number of benzene rings is 1. The third-order valence-corrected chi connectivity index (χ3v) is 4.71. The van der Waals surface area contributed by atoms with E-state index in [2.05, 4.69) is 25.6 Å². The minimum Gasteiger partial charge on any atom is -0.484 e. The van der Waals surface area contributed by atoms with E-state index in [4.69, 9.17) is 9.15 Å². The second-order valence-corrected chi connectivity index (χ2v) is 6.90. The van der Waals surface area contributed by atoms with E-state index in [9.17, 15) is 0 Å². The monoisotopic (exact) mass is 348 g/mol. The average molecular weight is 348 g/mol. The van der Waals surface area contributed by atoms with Gasteiger partial charge in [0.25, 0.3) is 11.1 Å². The first-order valence-corrected chi connectivity index (χ1v) is 8.76. The van der Waals surface area contributed by atoms with Crippen LogP contribution in [0.2, 0.25) is 0 Å². The third kappa shape index (κ3) is 4.08. The van der Waals surface area contributed by atoms with Crippen LogP contribution in [-0.2, 0) is 13.0 Å². The van der Waals surface area contributed by atoms with Crippen molar-refractivity contribution < 1.29 is 9.15 Å². The van der Waals surface area contributed by atoms with Crippen molar-refractivity contribution in [1.82, 2.24) is 19.6 Å². The third-order valence-electron chi connectivity index (χ3n) is 3.08. The van der Waals surface area contributed by atoms with Crippen LogP contribution in [0.4, 0.5) is 0 Å². The Bertz CT molecular complexity index is 800. The normalized spacial score (nSPS) is 10.9. The summed E-state index contributed by atoms with van der Waals surface area (Å²) >= 11 is 2.66. The highest BCUT2D eigenvalue weighted by Crippen LogP contribution is 2.28. The van der Waals surface area contributed by atoms with Crippen LogP contribution in [0.1, 0.15) is 29.8 Å². The molecule has 0 aliphatic rings. The SMILES string of the molecule is CCc1nsc(Sc2nnc(COc3cc(C)ccc3C)o2)n1. The van der Waals surface area contributed by atoms with Crippen LogP contribution >= 0.6 is 23.3 Å². The first-order valence-electron chi connectivity index (χ1n) is 7.17. The van der Waals surface area contributed by atoms with Crippen LogP contribution in [0.25, 0.3) is 0 Å². The Kier molecular flexibility index (Phi) is 4.92. The fraction of sp³-hybridized carbons (Fsp3) is 0.333. The molecule has 0 saturated carbocycles. The van der Waals surface area contributed by atoms with Crippen molar-refractivity contribution in [2.75, 3.05) is 0 Å². The maximum atomic E-state index is 5.76. The molecule has 0 N–H and O–H groups in total. The summed E-state index contributed by atoms with van der Waals surface area (Å²) in [6.45, 7) is 6.30.